The minimum absolute atomic E-state index is 0.163. The van der Waals surface area contributed by atoms with Crippen molar-refractivity contribution in [3.63, 3.8) is 0 Å². The Hall–Kier alpha value is -5.48. The number of halogens is 2. The number of carboxylic acid groups (broad SMARTS) is 1. The zero-order valence-electron chi connectivity index (χ0n) is 28.6. The number of aromatic nitrogens is 4. The van der Waals surface area contributed by atoms with Crippen molar-refractivity contribution in [2.75, 3.05) is 46.6 Å². The summed E-state index contributed by atoms with van der Waals surface area (Å²) in [5, 5.41) is 11.6. The molecule has 0 spiro atoms. The molecule has 4 aromatic heterocycles. The highest BCUT2D eigenvalue weighted by molar-refractivity contribution is 9.10. The summed E-state index contributed by atoms with van der Waals surface area (Å²) in [6, 6.07) is 14.2. The highest BCUT2D eigenvalue weighted by atomic mass is 79.9. The second kappa shape index (κ2) is 17.4. The number of benzene rings is 2. The molecule has 0 aliphatic carbocycles. The van der Waals surface area contributed by atoms with Crippen LogP contribution in [0.2, 0.25) is 0 Å². The van der Waals surface area contributed by atoms with Crippen LogP contribution < -0.4 is 34.7 Å². The van der Waals surface area contributed by atoms with Gasteiger partial charge in [0.15, 0.2) is 28.7 Å². The quantitative estimate of drug-likeness (QED) is 0.128. The predicted octanol–water partition coefficient (Wildman–Crippen LogP) is 7.02. The Morgan fingerprint density at radius 2 is 1.24 bits per heavy atom. The van der Waals surface area contributed by atoms with Crippen LogP contribution in [0.25, 0.3) is 11.3 Å². The molecule has 0 atom stereocenters. The first kappa shape index (κ1) is 38.3. The molecule has 0 bridgehead atoms. The molecule has 0 fully saturated rings. The number of carboxylic acids is 1. The van der Waals surface area contributed by atoms with E-state index in [4.69, 9.17) is 34.5 Å². The first-order chi connectivity index (χ1) is 24.5. The largest absolute Gasteiger partial charge is 0.493 e. The predicted molar refractivity (Wildman–Crippen MR) is 200 cm³/mol. The number of anilines is 2. The molecule has 6 rings (SSSR count). The molecule has 4 heterocycles. The molecule has 0 radical (unpaired) electrons. The van der Waals surface area contributed by atoms with Crippen molar-refractivity contribution in [2.45, 2.75) is 13.3 Å². The maximum Gasteiger partial charge on any atom is 0.354 e. The number of imidazole rings is 2. The third kappa shape index (κ3) is 9.01. The third-order valence-electron chi connectivity index (χ3n) is 7.27. The Morgan fingerprint density at radius 1 is 0.745 bits per heavy atom. The first-order valence-corrected chi connectivity index (χ1v) is 16.7. The van der Waals surface area contributed by atoms with Crippen LogP contribution in [-0.2, 0) is 6.42 Å². The van der Waals surface area contributed by atoms with Gasteiger partial charge in [-0.1, -0.05) is 6.92 Å². The lowest BCUT2D eigenvalue weighted by atomic mass is 10.1. The Labute approximate surface area is 310 Å². The summed E-state index contributed by atoms with van der Waals surface area (Å²) in [5.74, 6) is 1.56. The van der Waals surface area contributed by atoms with Crippen LogP contribution in [0.5, 0.6) is 28.7 Å². The van der Waals surface area contributed by atoms with Gasteiger partial charge in [-0.25, -0.2) is 14.8 Å². The van der Waals surface area contributed by atoms with Crippen LogP contribution >= 0.6 is 31.9 Å². The molecule has 0 aliphatic heterocycles. The number of carbonyl (C=O) groups excluding carboxylic acids is 1. The summed E-state index contributed by atoms with van der Waals surface area (Å²) >= 11 is 6.65. The average molecular weight is 829 g/mol. The summed E-state index contributed by atoms with van der Waals surface area (Å²) < 4.78 is 31.2. The highest BCUT2D eigenvalue weighted by Gasteiger charge is 2.17. The maximum atomic E-state index is 12.7. The Morgan fingerprint density at radius 3 is 1.71 bits per heavy atom. The van der Waals surface area contributed by atoms with Crippen LogP contribution in [0.4, 0.5) is 11.4 Å². The SMILES string of the molecule is CCc1cc(N)cc(OC)c1OC.COc1cc(NC(=O)c2cnc3ccc(Br)cn23)cc(OC)c1OC.O=C(O)c1cnc2ccc(Br)cn12. The molecular weight excluding hydrogens is 792 g/mol. The van der Waals surface area contributed by atoms with E-state index in [0.717, 1.165) is 26.7 Å². The van der Waals surface area contributed by atoms with Crippen LogP contribution in [0.3, 0.4) is 0 Å². The molecule has 268 valence electrons. The number of ether oxygens (including phenoxy) is 5. The number of amides is 1. The standard InChI is InChI=1S/C17H16BrN3O4.C10H15NO2.C8H5BrN2O2/c1-23-13-6-11(7-14(24-2)16(13)25-3)20-17(22)12-8-19-15-5-4-10(18)9-21(12)15;1-4-7-5-8(11)6-9(12-2)10(7)13-3;9-5-1-2-7-10-3-6(8(12)13)11(7)4-5/h4-9H,1-3H3,(H,20,22);5-6H,4,11H2,1-3H3;1-4H,(H,12,13). The number of aryl methyl sites for hydroxylation is 1. The molecule has 1 amide bonds. The van der Waals surface area contributed by atoms with Gasteiger partial charge < -0.3 is 39.8 Å². The summed E-state index contributed by atoms with van der Waals surface area (Å²) in [7, 11) is 7.80. The lowest BCUT2D eigenvalue weighted by Crippen LogP contribution is -2.14. The number of methoxy groups -OCH3 is 5. The number of hydrogen-bond acceptors (Lipinski definition) is 10. The van der Waals surface area contributed by atoms with E-state index in [-0.39, 0.29) is 11.6 Å². The number of pyridine rings is 2. The van der Waals surface area contributed by atoms with Gasteiger partial charge in [-0.2, -0.15) is 0 Å². The minimum Gasteiger partial charge on any atom is -0.493 e. The number of aromatic carboxylic acids is 1. The number of nitrogens with one attached hydrogen (secondary N) is 1. The zero-order chi connectivity index (χ0) is 37.2. The second-order valence-corrected chi connectivity index (χ2v) is 12.2. The first-order valence-electron chi connectivity index (χ1n) is 15.1. The zero-order valence-corrected chi connectivity index (χ0v) is 31.7. The maximum absolute atomic E-state index is 12.7. The molecule has 14 nitrogen and oxygen atoms in total. The van der Waals surface area contributed by atoms with Crippen molar-refractivity contribution >= 4 is 66.4 Å². The Bertz CT molecular complexity index is 2120. The van der Waals surface area contributed by atoms with Crippen molar-refractivity contribution in [3.05, 3.63) is 99.2 Å². The Balaban J connectivity index is 0.000000189. The van der Waals surface area contributed by atoms with Gasteiger partial charge in [-0.15, -0.1) is 0 Å². The molecule has 2 aromatic carbocycles. The van der Waals surface area contributed by atoms with Gasteiger partial charge >= 0.3 is 5.97 Å². The van der Waals surface area contributed by atoms with Crippen LogP contribution in [0.1, 0.15) is 33.5 Å². The van der Waals surface area contributed by atoms with Crippen molar-refractivity contribution in [3.8, 4) is 28.7 Å². The summed E-state index contributed by atoms with van der Waals surface area (Å²) in [6.45, 7) is 2.05. The summed E-state index contributed by atoms with van der Waals surface area (Å²) in [4.78, 5) is 31.5. The fourth-order valence-corrected chi connectivity index (χ4v) is 5.59. The second-order valence-electron chi connectivity index (χ2n) is 10.4. The topological polar surface area (TPSA) is 173 Å². The van der Waals surface area contributed by atoms with Crippen molar-refractivity contribution in [1.29, 1.82) is 0 Å². The van der Waals surface area contributed by atoms with E-state index in [1.165, 1.54) is 38.1 Å². The van der Waals surface area contributed by atoms with Gasteiger partial charge in [-0.05, 0) is 74.2 Å². The van der Waals surface area contributed by atoms with E-state index in [9.17, 15) is 9.59 Å². The number of fused-ring (bicyclic) bond motifs is 2. The number of carbonyl (C=O) groups is 2. The van der Waals surface area contributed by atoms with Crippen molar-refractivity contribution < 1.29 is 38.4 Å². The highest BCUT2D eigenvalue weighted by Crippen LogP contribution is 2.40. The smallest absolute Gasteiger partial charge is 0.354 e. The van der Waals surface area contributed by atoms with E-state index in [2.05, 4.69) is 54.1 Å². The number of nitrogens with zero attached hydrogens (tertiary/aromatic N) is 4. The molecule has 6 aromatic rings. The van der Waals surface area contributed by atoms with E-state index >= 15 is 0 Å². The molecule has 0 unspecified atom stereocenters. The number of rotatable bonds is 9. The van der Waals surface area contributed by atoms with Gasteiger partial charge in [0.25, 0.3) is 5.91 Å². The summed E-state index contributed by atoms with van der Waals surface area (Å²) in [5.41, 5.74) is 9.86. The van der Waals surface area contributed by atoms with E-state index in [1.54, 1.807) is 55.3 Å². The van der Waals surface area contributed by atoms with Crippen molar-refractivity contribution in [1.82, 2.24) is 18.8 Å². The van der Waals surface area contributed by atoms with Gasteiger partial charge in [0.05, 0.1) is 47.9 Å². The van der Waals surface area contributed by atoms with Gasteiger partial charge in [-0.3, -0.25) is 13.6 Å². The van der Waals surface area contributed by atoms with Gasteiger partial charge in [0.2, 0.25) is 5.75 Å². The lowest BCUT2D eigenvalue weighted by Gasteiger charge is -2.14. The van der Waals surface area contributed by atoms with Gasteiger partial charge in [0, 0.05) is 50.9 Å². The third-order valence-corrected chi connectivity index (χ3v) is 8.21. The number of nitrogens with two attached hydrogens (primary N) is 1. The van der Waals surface area contributed by atoms with Crippen LogP contribution in [0, 0.1) is 0 Å². The monoisotopic (exact) mass is 826 g/mol. The average Bonchev–Trinajstić information content (AvgIpc) is 3.75. The van der Waals surface area contributed by atoms with Crippen LogP contribution in [-0.4, -0.2) is 71.3 Å². The van der Waals surface area contributed by atoms with Crippen LogP contribution in [0.15, 0.2) is 82.3 Å². The fourth-order valence-electron chi connectivity index (χ4n) is 4.91. The normalized spacial score (nSPS) is 10.4. The lowest BCUT2D eigenvalue weighted by molar-refractivity contribution is 0.0689. The molecule has 0 saturated heterocycles. The van der Waals surface area contributed by atoms with Crippen molar-refractivity contribution in [2.24, 2.45) is 0 Å². The molecule has 51 heavy (non-hydrogen) atoms. The van der Waals surface area contributed by atoms with E-state index in [0.29, 0.717) is 51.4 Å². The number of nitrogen functional groups attached to an aromatic ring is 1. The molecule has 0 saturated carbocycles. The fraction of sp³-hybridized carbons (Fsp3) is 0.200. The molecule has 4 N–H and O–H groups in total. The summed E-state index contributed by atoms with van der Waals surface area (Å²) in [6.07, 6.45) is 7.20. The minimum atomic E-state index is -0.981. The van der Waals surface area contributed by atoms with E-state index in [1.807, 2.05) is 24.3 Å². The van der Waals surface area contributed by atoms with Gasteiger partial charge in [0.1, 0.15) is 17.0 Å². The molecule has 0 aliphatic rings. The number of hydrogen-bond donors (Lipinski definition) is 3. The molecular formula is C35H36Br2N6O8. The molecule has 16 heteroatoms. The Kier molecular flexibility index (Phi) is 13.1. The van der Waals surface area contributed by atoms with E-state index < -0.39 is 5.97 Å².